The smallest absolute Gasteiger partial charge is 0.309 e. The highest BCUT2D eigenvalue weighted by Crippen LogP contribution is 2.43. The number of nitrogens with zero attached hydrogens (tertiary/aromatic N) is 3. The van der Waals surface area contributed by atoms with Crippen LogP contribution in [0.5, 0.6) is 0 Å². The van der Waals surface area contributed by atoms with E-state index in [1.165, 1.54) is 0 Å². The topological polar surface area (TPSA) is 151 Å². The van der Waals surface area contributed by atoms with Crippen LogP contribution in [0.4, 0.5) is 13.6 Å². The quantitative estimate of drug-likeness (QED) is 0.207. The van der Waals surface area contributed by atoms with Crippen LogP contribution < -0.4 is 5.84 Å². The molecule has 0 aromatic heterocycles. The maximum atomic E-state index is 12.9. The third-order valence-corrected chi connectivity index (χ3v) is 5.05. The molecule has 146 valence electrons. The summed E-state index contributed by atoms with van der Waals surface area (Å²) in [4.78, 5) is 37.7. The van der Waals surface area contributed by atoms with Gasteiger partial charge < -0.3 is 4.90 Å². The number of urea groups is 1. The van der Waals surface area contributed by atoms with Crippen molar-refractivity contribution in [2.45, 2.75) is 43.7 Å². The number of piperidine rings is 1. The summed E-state index contributed by atoms with van der Waals surface area (Å²) in [6.07, 6.45) is -1.18. The molecule has 0 radical (unpaired) electrons. The Labute approximate surface area is 146 Å². The van der Waals surface area contributed by atoms with Crippen LogP contribution in [0.15, 0.2) is 0 Å². The molecule has 2 atom stereocenters. The van der Waals surface area contributed by atoms with Crippen molar-refractivity contribution < 1.29 is 40.4 Å². The zero-order chi connectivity index (χ0) is 19.4. The van der Waals surface area contributed by atoms with Gasteiger partial charge in [0.1, 0.15) is 6.04 Å². The molecule has 1 saturated carbocycles. The van der Waals surface area contributed by atoms with E-state index in [0.717, 1.165) is 4.90 Å². The molecule has 11 nitrogen and oxygen atoms in total. The molecule has 1 aliphatic carbocycles. The summed E-state index contributed by atoms with van der Waals surface area (Å²) >= 11 is 0. The molecule has 2 heterocycles. The molecule has 3 rings (SSSR count). The van der Waals surface area contributed by atoms with Crippen molar-refractivity contribution in [1.29, 1.82) is 0 Å². The number of carbonyl (C=O) groups excluding carboxylic acids is 3. The summed E-state index contributed by atoms with van der Waals surface area (Å²) < 4.78 is 60.3. The number of alkyl halides is 2. The first-order valence-electron chi connectivity index (χ1n) is 7.67. The summed E-state index contributed by atoms with van der Waals surface area (Å²) in [6, 6.07) is -2.86. The molecule has 14 heteroatoms. The molecule has 2 unspecified atom stereocenters. The lowest BCUT2D eigenvalue weighted by Gasteiger charge is -2.37. The monoisotopic (exact) mass is 398 g/mol. The Morgan fingerprint density at radius 3 is 2.42 bits per heavy atom. The Balaban J connectivity index is 1.68. The Morgan fingerprint density at radius 1 is 1.27 bits per heavy atom. The summed E-state index contributed by atoms with van der Waals surface area (Å²) in [7, 11) is -4.93. The minimum absolute atomic E-state index is 0.0579. The molecular formula is C12H16F2N4O7S. The highest BCUT2D eigenvalue weighted by molar-refractivity contribution is 7.80. The van der Waals surface area contributed by atoms with E-state index in [4.69, 9.17) is 10.4 Å². The third-order valence-electron chi connectivity index (χ3n) is 4.70. The van der Waals surface area contributed by atoms with Crippen molar-refractivity contribution in [2.24, 2.45) is 11.8 Å². The molecular weight excluding hydrogens is 382 g/mol. The lowest BCUT2D eigenvalue weighted by atomic mass is 9.80. The third kappa shape index (κ3) is 3.36. The summed E-state index contributed by atoms with van der Waals surface area (Å²) in [5.74, 6) is -0.460. The lowest BCUT2D eigenvalue weighted by molar-refractivity contribution is -0.166. The van der Waals surface area contributed by atoms with Crippen LogP contribution in [-0.2, 0) is 24.3 Å². The van der Waals surface area contributed by atoms with E-state index in [-0.39, 0.29) is 24.4 Å². The van der Waals surface area contributed by atoms with Gasteiger partial charge >= 0.3 is 16.4 Å². The number of carbonyl (C=O) groups is 3. The van der Waals surface area contributed by atoms with Gasteiger partial charge in [0.15, 0.2) is 0 Å². The fourth-order valence-electron chi connectivity index (χ4n) is 3.39. The van der Waals surface area contributed by atoms with Gasteiger partial charge in [-0.3, -0.25) is 14.1 Å². The number of hydroxylamine groups is 2. The molecule has 4 amide bonds. The zero-order valence-corrected chi connectivity index (χ0v) is 14.1. The molecule has 0 spiro atoms. The van der Waals surface area contributed by atoms with Crippen LogP contribution in [-0.4, -0.2) is 70.3 Å². The number of hydrogen-bond acceptors (Lipinski definition) is 7. The first kappa shape index (κ1) is 18.9. The number of hydrogen-bond donors (Lipinski definition) is 2. The van der Waals surface area contributed by atoms with Crippen LogP contribution in [0.1, 0.15) is 25.7 Å². The number of amides is 4. The molecule has 0 aromatic rings. The van der Waals surface area contributed by atoms with Crippen LogP contribution in [0.25, 0.3) is 0 Å². The molecule has 0 aromatic carbocycles. The van der Waals surface area contributed by atoms with Crippen molar-refractivity contribution in [3.05, 3.63) is 0 Å². The van der Waals surface area contributed by atoms with Crippen molar-refractivity contribution in [1.82, 2.24) is 15.0 Å². The second kappa shape index (κ2) is 6.07. The average Bonchev–Trinajstić information content (AvgIpc) is 2.74. The first-order chi connectivity index (χ1) is 11.9. The van der Waals surface area contributed by atoms with E-state index in [9.17, 15) is 31.6 Å². The summed E-state index contributed by atoms with van der Waals surface area (Å²) in [6.45, 7) is -0.0751. The second-order valence-electron chi connectivity index (χ2n) is 6.52. The van der Waals surface area contributed by atoms with Gasteiger partial charge in [0, 0.05) is 19.4 Å². The molecule has 2 saturated heterocycles. The predicted octanol–water partition coefficient (Wildman–Crippen LogP) is -0.736. The van der Waals surface area contributed by atoms with Gasteiger partial charge in [0.25, 0.3) is 5.91 Å². The van der Waals surface area contributed by atoms with E-state index in [2.05, 4.69) is 4.28 Å². The summed E-state index contributed by atoms with van der Waals surface area (Å²) in [5, 5.41) is 0.683. The zero-order valence-electron chi connectivity index (χ0n) is 13.2. The van der Waals surface area contributed by atoms with E-state index in [1.54, 1.807) is 0 Å². The number of halogens is 2. The molecule has 3 N–H and O–H groups in total. The predicted molar refractivity (Wildman–Crippen MR) is 77.1 cm³/mol. The molecule has 2 bridgehead atoms. The minimum Gasteiger partial charge on any atom is -0.309 e. The maximum Gasteiger partial charge on any atom is 0.418 e. The fraction of sp³-hybridized carbons (Fsp3) is 0.750. The maximum absolute atomic E-state index is 12.9. The van der Waals surface area contributed by atoms with Crippen molar-refractivity contribution >= 4 is 28.2 Å². The SMILES string of the molecule is NN(C(=O)C1CC(F)(F)C1)C(=O)C1CCC2CN1C(=O)N2OS(=O)(=O)O. The molecule has 3 aliphatic rings. The van der Waals surface area contributed by atoms with Gasteiger partial charge in [-0.25, -0.2) is 24.4 Å². The van der Waals surface area contributed by atoms with Gasteiger partial charge in [-0.1, -0.05) is 0 Å². The highest BCUT2D eigenvalue weighted by Gasteiger charge is 2.53. The molecule has 2 aliphatic heterocycles. The minimum atomic E-state index is -4.93. The van der Waals surface area contributed by atoms with Gasteiger partial charge in [0.05, 0.1) is 12.0 Å². The Hall–Kier alpha value is -1.90. The van der Waals surface area contributed by atoms with Crippen LogP contribution in [0.3, 0.4) is 0 Å². The van der Waals surface area contributed by atoms with Crippen molar-refractivity contribution in [3.63, 3.8) is 0 Å². The van der Waals surface area contributed by atoms with Gasteiger partial charge in [-0.2, -0.15) is 13.5 Å². The Bertz CT molecular complexity index is 753. The van der Waals surface area contributed by atoms with Crippen LogP contribution in [0, 0.1) is 5.92 Å². The number of fused-ring (bicyclic) bond motifs is 2. The molecule has 26 heavy (non-hydrogen) atoms. The van der Waals surface area contributed by atoms with E-state index in [0.29, 0.717) is 5.06 Å². The van der Waals surface area contributed by atoms with Gasteiger partial charge in [-0.05, 0) is 12.8 Å². The molecule has 3 fully saturated rings. The lowest BCUT2D eigenvalue weighted by Crippen LogP contribution is -2.58. The summed E-state index contributed by atoms with van der Waals surface area (Å²) in [5.41, 5.74) is 0. The van der Waals surface area contributed by atoms with E-state index >= 15 is 0 Å². The van der Waals surface area contributed by atoms with Gasteiger partial charge in [0.2, 0.25) is 11.8 Å². The number of hydrazine groups is 1. The fourth-order valence-corrected chi connectivity index (χ4v) is 3.78. The van der Waals surface area contributed by atoms with Crippen molar-refractivity contribution in [2.75, 3.05) is 6.54 Å². The van der Waals surface area contributed by atoms with E-state index in [1.807, 2.05) is 0 Å². The highest BCUT2D eigenvalue weighted by atomic mass is 32.3. The number of rotatable bonds is 4. The largest absolute Gasteiger partial charge is 0.418 e. The standard InChI is InChI=1S/C12H16F2N4O7S/c13-12(14)3-6(4-12)9(19)17(15)10(20)8-2-1-7-5-16(8)11(21)18(7)25-26(22,23)24/h6-8H,1-5,15H2,(H,22,23,24). The Kier molecular flexibility index (Phi) is 4.41. The normalized spacial score (nSPS) is 28.1. The van der Waals surface area contributed by atoms with Gasteiger partial charge in [-0.15, -0.1) is 4.28 Å². The van der Waals surface area contributed by atoms with Crippen molar-refractivity contribution in [3.8, 4) is 0 Å². The second-order valence-corrected chi connectivity index (χ2v) is 7.52. The van der Waals surface area contributed by atoms with Crippen LogP contribution in [0.2, 0.25) is 0 Å². The number of nitrogens with two attached hydrogens (primary N) is 1. The number of imide groups is 1. The van der Waals surface area contributed by atoms with E-state index < -0.39 is 65.0 Å². The average molecular weight is 398 g/mol. The first-order valence-corrected chi connectivity index (χ1v) is 9.03. The van der Waals surface area contributed by atoms with Crippen LogP contribution >= 0.6 is 0 Å². The Morgan fingerprint density at radius 2 is 1.88 bits per heavy atom.